The molecule has 112 valence electrons. The second kappa shape index (κ2) is 6.08. The van der Waals surface area contributed by atoms with E-state index >= 15 is 0 Å². The first-order valence-electron chi connectivity index (χ1n) is 7.16. The molecule has 1 aliphatic rings. The van der Waals surface area contributed by atoms with Gasteiger partial charge in [-0.05, 0) is 25.0 Å². The largest absolute Gasteiger partial charge is 0.353 e. The van der Waals surface area contributed by atoms with Gasteiger partial charge in [0.05, 0.1) is 11.1 Å². The molecule has 2 rings (SSSR count). The highest BCUT2D eigenvalue weighted by atomic mass is 16.2. The first kappa shape index (κ1) is 15.2. The molecule has 1 aliphatic heterocycles. The van der Waals surface area contributed by atoms with E-state index in [0.717, 1.165) is 4.90 Å². The van der Waals surface area contributed by atoms with Crippen LogP contribution in [-0.4, -0.2) is 35.2 Å². The van der Waals surface area contributed by atoms with Crippen molar-refractivity contribution in [2.24, 2.45) is 5.92 Å². The van der Waals surface area contributed by atoms with Crippen molar-refractivity contribution in [3.63, 3.8) is 0 Å². The summed E-state index contributed by atoms with van der Waals surface area (Å²) < 4.78 is 0. The molecule has 1 heterocycles. The van der Waals surface area contributed by atoms with Gasteiger partial charge in [-0.25, -0.2) is 0 Å². The topological polar surface area (TPSA) is 66.5 Å². The fraction of sp³-hybridized carbons (Fsp3) is 0.438. The summed E-state index contributed by atoms with van der Waals surface area (Å²) in [5.41, 5.74) is 0.830. The Morgan fingerprint density at radius 1 is 1.10 bits per heavy atom. The molecule has 21 heavy (non-hydrogen) atoms. The maximum atomic E-state index is 12.1. The van der Waals surface area contributed by atoms with E-state index in [1.54, 1.807) is 24.3 Å². The van der Waals surface area contributed by atoms with Gasteiger partial charge in [-0.3, -0.25) is 19.3 Å². The number of imide groups is 1. The summed E-state index contributed by atoms with van der Waals surface area (Å²) in [5, 5.41) is 2.87. The van der Waals surface area contributed by atoms with Crippen molar-refractivity contribution in [3.05, 3.63) is 35.4 Å². The molecular weight excluding hydrogens is 268 g/mol. The average Bonchev–Trinajstić information content (AvgIpc) is 2.69. The lowest BCUT2D eigenvalue weighted by molar-refractivity contribution is -0.122. The summed E-state index contributed by atoms with van der Waals surface area (Å²) in [6, 6.07) is 6.79. The number of rotatable bonds is 5. The summed E-state index contributed by atoms with van der Waals surface area (Å²) >= 11 is 0. The maximum absolute atomic E-state index is 12.1. The second-order valence-electron chi connectivity index (χ2n) is 5.66. The SMILES string of the molecule is CC(C)[C@@H](C)NC(=O)CCN1C(=O)c2ccccc2C1=O. The Morgan fingerprint density at radius 3 is 2.10 bits per heavy atom. The molecule has 5 nitrogen and oxygen atoms in total. The van der Waals surface area contributed by atoms with Crippen LogP contribution >= 0.6 is 0 Å². The van der Waals surface area contributed by atoms with Gasteiger partial charge in [0.25, 0.3) is 11.8 Å². The predicted molar refractivity (Wildman–Crippen MR) is 78.9 cm³/mol. The summed E-state index contributed by atoms with van der Waals surface area (Å²) in [4.78, 5) is 37.2. The van der Waals surface area contributed by atoms with Gasteiger partial charge in [0.2, 0.25) is 5.91 Å². The number of carbonyl (C=O) groups is 3. The highest BCUT2D eigenvalue weighted by molar-refractivity contribution is 6.21. The van der Waals surface area contributed by atoms with Crippen molar-refractivity contribution >= 4 is 17.7 Å². The monoisotopic (exact) mass is 288 g/mol. The summed E-state index contributed by atoms with van der Waals surface area (Å²) in [7, 11) is 0. The third-order valence-corrected chi connectivity index (χ3v) is 3.83. The zero-order chi connectivity index (χ0) is 15.6. The van der Waals surface area contributed by atoms with Gasteiger partial charge < -0.3 is 5.32 Å². The van der Waals surface area contributed by atoms with Crippen molar-refractivity contribution < 1.29 is 14.4 Å². The lowest BCUT2D eigenvalue weighted by Crippen LogP contribution is -2.39. The van der Waals surface area contributed by atoms with Gasteiger partial charge in [-0.1, -0.05) is 26.0 Å². The van der Waals surface area contributed by atoms with Crippen LogP contribution in [0.2, 0.25) is 0 Å². The summed E-state index contributed by atoms with van der Waals surface area (Å²) in [6.45, 7) is 6.10. The van der Waals surface area contributed by atoms with Gasteiger partial charge in [0.1, 0.15) is 0 Å². The van der Waals surface area contributed by atoms with E-state index in [4.69, 9.17) is 0 Å². The van der Waals surface area contributed by atoms with Gasteiger partial charge >= 0.3 is 0 Å². The Balaban J connectivity index is 1.95. The van der Waals surface area contributed by atoms with Gasteiger partial charge in [0, 0.05) is 19.0 Å². The molecule has 0 unspecified atom stereocenters. The van der Waals surface area contributed by atoms with E-state index in [2.05, 4.69) is 5.32 Å². The third-order valence-electron chi connectivity index (χ3n) is 3.83. The minimum atomic E-state index is -0.319. The Kier molecular flexibility index (Phi) is 4.40. The number of nitrogens with one attached hydrogen (secondary N) is 1. The van der Waals surface area contributed by atoms with Crippen molar-refractivity contribution in [1.29, 1.82) is 0 Å². The molecule has 0 aromatic heterocycles. The molecule has 1 atom stereocenters. The number of amides is 3. The first-order valence-corrected chi connectivity index (χ1v) is 7.16. The highest BCUT2D eigenvalue weighted by Gasteiger charge is 2.34. The molecule has 5 heteroatoms. The van der Waals surface area contributed by atoms with Gasteiger partial charge in [0.15, 0.2) is 0 Å². The molecule has 1 aromatic carbocycles. The zero-order valence-corrected chi connectivity index (χ0v) is 12.6. The number of fused-ring (bicyclic) bond motifs is 1. The first-order chi connectivity index (χ1) is 9.91. The second-order valence-corrected chi connectivity index (χ2v) is 5.66. The molecule has 1 N–H and O–H groups in total. The van der Waals surface area contributed by atoms with Crippen LogP contribution in [-0.2, 0) is 4.79 Å². The number of nitrogens with zero attached hydrogens (tertiary/aromatic N) is 1. The van der Waals surface area contributed by atoms with Crippen LogP contribution in [0.15, 0.2) is 24.3 Å². The number of hydrogen-bond donors (Lipinski definition) is 1. The normalized spacial score (nSPS) is 15.3. The van der Waals surface area contributed by atoms with Crippen molar-refractivity contribution in [2.45, 2.75) is 33.2 Å². The Bertz CT molecular complexity index is 546. The van der Waals surface area contributed by atoms with Gasteiger partial charge in [-0.2, -0.15) is 0 Å². The van der Waals surface area contributed by atoms with Crippen LogP contribution in [0.3, 0.4) is 0 Å². The maximum Gasteiger partial charge on any atom is 0.261 e. The van der Waals surface area contributed by atoms with Crippen LogP contribution < -0.4 is 5.32 Å². The molecule has 3 amide bonds. The van der Waals surface area contributed by atoms with E-state index in [-0.39, 0.29) is 36.7 Å². The molecule has 0 bridgehead atoms. The van der Waals surface area contributed by atoms with Crippen molar-refractivity contribution in [1.82, 2.24) is 10.2 Å². The highest BCUT2D eigenvalue weighted by Crippen LogP contribution is 2.22. The number of carbonyl (C=O) groups excluding carboxylic acids is 3. The molecule has 0 saturated heterocycles. The number of benzene rings is 1. The van der Waals surface area contributed by atoms with Gasteiger partial charge in [-0.15, -0.1) is 0 Å². The van der Waals surface area contributed by atoms with E-state index < -0.39 is 0 Å². The average molecular weight is 288 g/mol. The molecule has 1 aromatic rings. The minimum absolute atomic E-state index is 0.0691. The molecular formula is C16H20N2O3. The molecule has 0 saturated carbocycles. The third kappa shape index (κ3) is 3.12. The predicted octanol–water partition coefficient (Wildman–Crippen LogP) is 1.83. The van der Waals surface area contributed by atoms with Crippen LogP contribution in [0.1, 0.15) is 47.9 Å². The fourth-order valence-corrected chi connectivity index (χ4v) is 2.15. The quantitative estimate of drug-likeness (QED) is 0.841. The van der Waals surface area contributed by atoms with E-state index in [9.17, 15) is 14.4 Å². The van der Waals surface area contributed by atoms with Crippen molar-refractivity contribution in [3.8, 4) is 0 Å². The Labute approximate surface area is 124 Å². The fourth-order valence-electron chi connectivity index (χ4n) is 2.15. The van der Waals surface area contributed by atoms with E-state index in [1.807, 2.05) is 20.8 Å². The Hall–Kier alpha value is -2.17. The molecule has 0 radical (unpaired) electrons. The van der Waals surface area contributed by atoms with E-state index in [1.165, 1.54) is 0 Å². The van der Waals surface area contributed by atoms with Crippen molar-refractivity contribution in [2.75, 3.05) is 6.54 Å². The van der Waals surface area contributed by atoms with Crippen LogP contribution in [0.25, 0.3) is 0 Å². The Morgan fingerprint density at radius 2 is 1.62 bits per heavy atom. The number of hydrogen-bond acceptors (Lipinski definition) is 3. The zero-order valence-electron chi connectivity index (χ0n) is 12.6. The van der Waals surface area contributed by atoms with Crippen LogP contribution in [0, 0.1) is 5.92 Å². The molecule has 0 aliphatic carbocycles. The molecule has 0 spiro atoms. The smallest absolute Gasteiger partial charge is 0.261 e. The van der Waals surface area contributed by atoms with Crippen LogP contribution in [0.4, 0.5) is 0 Å². The summed E-state index contributed by atoms with van der Waals surface area (Å²) in [5.74, 6) is -0.443. The standard InChI is InChI=1S/C16H20N2O3/c1-10(2)11(3)17-14(19)8-9-18-15(20)12-6-4-5-7-13(12)16(18)21/h4-7,10-11H,8-9H2,1-3H3,(H,17,19)/t11-/m1/s1. The summed E-state index contributed by atoms with van der Waals surface area (Å²) in [6.07, 6.45) is 0.128. The minimum Gasteiger partial charge on any atom is -0.353 e. The molecule has 0 fully saturated rings. The van der Waals surface area contributed by atoms with Crippen LogP contribution in [0.5, 0.6) is 0 Å². The van der Waals surface area contributed by atoms with E-state index in [0.29, 0.717) is 17.0 Å². The lowest BCUT2D eigenvalue weighted by Gasteiger charge is -2.18. The lowest BCUT2D eigenvalue weighted by atomic mass is 10.1.